The van der Waals surface area contributed by atoms with Crippen LogP contribution in [0.25, 0.3) is 75.8 Å². The van der Waals surface area contributed by atoms with Gasteiger partial charge in [0.1, 0.15) is 114 Å². The third-order valence-electron chi connectivity index (χ3n) is 16.4. The van der Waals surface area contributed by atoms with Crippen molar-refractivity contribution in [3.63, 3.8) is 0 Å². The van der Waals surface area contributed by atoms with Gasteiger partial charge in [0.25, 0.3) is 0 Å². The molecule has 4 atom stereocenters. The Morgan fingerprint density at radius 3 is 0.886 bits per heavy atom. The smallest absolute Gasteiger partial charge is 0.128 e. The van der Waals surface area contributed by atoms with Gasteiger partial charge in [-0.05, 0) is 222 Å². The van der Waals surface area contributed by atoms with Crippen LogP contribution in [0.2, 0.25) is 0 Å². The Hall–Kier alpha value is -9.56. The molecule has 0 N–H and O–H groups in total. The van der Waals surface area contributed by atoms with Gasteiger partial charge in [0, 0.05) is 5.56 Å². The molecule has 1 aliphatic carbocycles. The lowest BCUT2D eigenvalue weighted by molar-refractivity contribution is 0.263. The van der Waals surface area contributed by atoms with Gasteiger partial charge in [-0.25, -0.2) is 0 Å². The van der Waals surface area contributed by atoms with E-state index in [0.29, 0.717) is 32.3 Å². The Labute approximate surface area is 508 Å². The second-order valence-electron chi connectivity index (χ2n) is 23.4. The summed E-state index contributed by atoms with van der Waals surface area (Å²) < 4.78 is 70.3. The van der Waals surface area contributed by atoms with Gasteiger partial charge in [0.2, 0.25) is 0 Å². The summed E-state index contributed by atoms with van der Waals surface area (Å²) in [5, 5.41) is 13.2. The van der Waals surface area contributed by atoms with Crippen LogP contribution in [0, 0.1) is 5.92 Å². The lowest BCUT2D eigenvalue weighted by atomic mass is 9.95. The van der Waals surface area contributed by atoms with E-state index in [1.807, 2.05) is 97.1 Å². The predicted octanol–water partition coefficient (Wildman–Crippen LogP) is 17.2. The highest BCUT2D eigenvalue weighted by Gasteiger charge is 2.27. The van der Waals surface area contributed by atoms with Gasteiger partial charge < -0.3 is 56.8 Å². The van der Waals surface area contributed by atoms with Crippen LogP contribution in [0.4, 0.5) is 0 Å². The van der Waals surface area contributed by atoms with Crippen molar-refractivity contribution in [1.82, 2.24) is 0 Å². The average Bonchev–Trinajstić information content (AvgIpc) is 2.68. The molecular weight excluding hydrogens is 1100 g/mol. The highest BCUT2D eigenvalue weighted by molar-refractivity contribution is 6.03. The Morgan fingerprint density at radius 2 is 0.545 bits per heavy atom. The molecule has 12 heteroatoms. The van der Waals surface area contributed by atoms with Gasteiger partial charge in [-0.15, -0.1) is 0 Å². The molecule has 12 aromatic carbocycles. The molecule has 1 saturated carbocycles. The van der Waals surface area contributed by atoms with Gasteiger partial charge in [0.15, 0.2) is 0 Å². The highest BCUT2D eigenvalue weighted by atomic mass is 16.6. The second-order valence-corrected chi connectivity index (χ2v) is 23.4. The summed E-state index contributed by atoms with van der Waals surface area (Å²) in [5.74, 6) is 9.47. The van der Waals surface area contributed by atoms with E-state index in [1.165, 1.54) is 12.8 Å². The molecule has 4 unspecified atom stereocenters. The van der Waals surface area contributed by atoms with Gasteiger partial charge in [-0.2, -0.15) is 0 Å². The van der Waals surface area contributed by atoms with Crippen LogP contribution in [0.15, 0.2) is 212 Å². The van der Waals surface area contributed by atoms with Crippen molar-refractivity contribution in [3.05, 3.63) is 212 Å². The number of epoxide rings is 4. The van der Waals surface area contributed by atoms with Crippen LogP contribution in [0.5, 0.6) is 63.2 Å². The first-order valence-corrected chi connectivity index (χ1v) is 30.3. The van der Waals surface area contributed by atoms with Crippen molar-refractivity contribution in [2.75, 3.05) is 59.5 Å². The fourth-order valence-corrected chi connectivity index (χ4v) is 10.9. The maximum absolute atomic E-state index is 6.49. The van der Waals surface area contributed by atoms with Crippen LogP contribution in [-0.4, -0.2) is 83.9 Å². The lowest BCUT2D eigenvalue weighted by Gasteiger charge is -2.17. The summed E-state index contributed by atoms with van der Waals surface area (Å²) in [7, 11) is 0. The standard InChI is InChI=1S/C40H34O6.C36H28O6/c1-2-25(1)20-45-39-14-9-28-8-13-35(46-34-12-7-27-6-11-33(17-31(27)18-34)42-22-37-24-44-37)19-38(28)40(39)29-4-3-26-5-10-32(16-30(26)15-29)41-21-36-23-43-36;1-7-29(37-19-35-21-39-35)13-26-15-31(9-3-23(1)26)41-33-11-5-25-6-12-34(18-28(25)17-33)42-32-10-4-24-2-8-30(14-27(24)16-32)38-20-36-22-40-36/h3-19,25,36-37H,1-2,20-24H2;1-18,35-36H,19-22H2. The largest absolute Gasteiger partial charge is 0.493 e. The number of fused-ring (bicyclic) bond motifs is 6. The Bertz CT molecular complexity index is 4440. The minimum Gasteiger partial charge on any atom is -0.493 e. The molecule has 0 spiro atoms. The van der Waals surface area contributed by atoms with E-state index in [9.17, 15) is 0 Å². The fraction of sp³-hybridized carbons (Fsp3) is 0.211. The third kappa shape index (κ3) is 13.1. The van der Waals surface area contributed by atoms with E-state index >= 15 is 0 Å². The minimum atomic E-state index is 0.217. The Balaban J connectivity index is 0.000000142. The van der Waals surface area contributed by atoms with Crippen LogP contribution < -0.4 is 37.9 Å². The molecular formula is C76H62O12. The van der Waals surface area contributed by atoms with Crippen LogP contribution >= 0.6 is 0 Å². The molecule has 88 heavy (non-hydrogen) atoms. The van der Waals surface area contributed by atoms with Crippen molar-refractivity contribution in [2.45, 2.75) is 37.3 Å². The van der Waals surface area contributed by atoms with Gasteiger partial charge >= 0.3 is 0 Å². The van der Waals surface area contributed by atoms with E-state index in [0.717, 1.165) is 172 Å². The molecule has 12 aromatic rings. The van der Waals surface area contributed by atoms with E-state index in [1.54, 1.807) is 0 Å². The zero-order valence-electron chi connectivity index (χ0n) is 48.3. The molecule has 5 aliphatic rings. The molecule has 12 nitrogen and oxygen atoms in total. The summed E-state index contributed by atoms with van der Waals surface area (Å²) in [6, 6.07) is 72.2. The normalized spacial score (nSPS) is 18.0. The van der Waals surface area contributed by atoms with E-state index in [2.05, 4.69) is 115 Å². The molecule has 438 valence electrons. The highest BCUT2D eigenvalue weighted by Crippen LogP contribution is 2.43. The molecule has 0 radical (unpaired) electrons. The maximum atomic E-state index is 6.49. The van der Waals surface area contributed by atoms with Crippen LogP contribution in [0.1, 0.15) is 12.8 Å². The van der Waals surface area contributed by atoms with Crippen molar-refractivity contribution in [1.29, 1.82) is 0 Å². The molecule has 17 rings (SSSR count). The van der Waals surface area contributed by atoms with Crippen molar-refractivity contribution in [2.24, 2.45) is 5.92 Å². The van der Waals surface area contributed by atoms with Crippen molar-refractivity contribution in [3.8, 4) is 74.4 Å². The van der Waals surface area contributed by atoms with Gasteiger partial charge in [0.05, 0.1) is 33.0 Å². The zero-order valence-corrected chi connectivity index (χ0v) is 48.3. The molecule has 5 fully saturated rings. The number of benzene rings is 12. The summed E-state index contributed by atoms with van der Waals surface area (Å²) >= 11 is 0. The molecule has 4 saturated heterocycles. The molecule has 4 heterocycles. The molecule has 0 amide bonds. The average molecular weight is 1170 g/mol. The number of hydrogen-bond donors (Lipinski definition) is 0. The van der Waals surface area contributed by atoms with Crippen LogP contribution in [0.3, 0.4) is 0 Å². The summed E-state index contributed by atoms with van der Waals surface area (Å²) in [6.07, 6.45) is 3.36. The van der Waals surface area contributed by atoms with Crippen molar-refractivity contribution >= 4 is 64.6 Å². The Kier molecular flexibility index (Phi) is 14.5. The molecule has 4 aliphatic heterocycles. The topological polar surface area (TPSA) is 124 Å². The lowest BCUT2D eigenvalue weighted by Crippen LogP contribution is -2.03. The van der Waals surface area contributed by atoms with Crippen LogP contribution in [-0.2, 0) is 18.9 Å². The summed E-state index contributed by atoms with van der Waals surface area (Å²) in [5.41, 5.74) is 2.17. The predicted molar refractivity (Wildman–Crippen MR) is 342 cm³/mol. The first-order valence-electron chi connectivity index (χ1n) is 30.3. The van der Waals surface area contributed by atoms with Gasteiger partial charge in [-0.3, -0.25) is 0 Å². The number of rotatable bonds is 22. The number of hydrogen-bond acceptors (Lipinski definition) is 12. The molecule has 0 bridgehead atoms. The maximum Gasteiger partial charge on any atom is 0.128 e. The van der Waals surface area contributed by atoms with E-state index in [4.69, 9.17) is 56.8 Å². The summed E-state index contributed by atoms with van der Waals surface area (Å²) in [4.78, 5) is 0. The van der Waals surface area contributed by atoms with E-state index < -0.39 is 0 Å². The van der Waals surface area contributed by atoms with Crippen molar-refractivity contribution < 1.29 is 56.8 Å². The zero-order chi connectivity index (χ0) is 58.3. The minimum absolute atomic E-state index is 0.217. The second kappa shape index (κ2) is 23.6. The number of ether oxygens (including phenoxy) is 12. The first kappa shape index (κ1) is 53.9. The van der Waals surface area contributed by atoms with Gasteiger partial charge in [-0.1, -0.05) is 78.9 Å². The third-order valence-corrected chi connectivity index (χ3v) is 16.4. The monoisotopic (exact) mass is 1170 g/mol. The quantitative estimate of drug-likeness (QED) is 0.0600. The Morgan fingerprint density at radius 1 is 0.261 bits per heavy atom. The first-order chi connectivity index (χ1) is 43.4. The SMILES string of the molecule is c1cc2ccc(Oc3ccc4ccc(OCC5CC5)c(-c5ccc6ccc(OCC7CO7)cc6c5)c4c3)cc2cc1OCC1CO1.c1cc2ccc(Oc3ccc4ccc(Oc5ccc6ccc(OCC7CO7)cc6c5)cc4c3)cc2cc1OCC1CO1. The summed E-state index contributed by atoms with van der Waals surface area (Å²) in [6.45, 7) is 6.18. The molecule has 0 aromatic heterocycles. The fourth-order valence-electron chi connectivity index (χ4n) is 10.9. The van der Waals surface area contributed by atoms with E-state index in [-0.39, 0.29) is 24.4 Å².